The third kappa shape index (κ3) is 5.27. The van der Waals surface area contributed by atoms with Gasteiger partial charge in [-0.1, -0.05) is 48.5 Å². The molecule has 7 rings (SSSR count). The Bertz CT molecular complexity index is 1200. The van der Waals surface area contributed by atoms with E-state index in [4.69, 9.17) is 4.74 Å². The number of rotatable bonds is 9. The first-order valence-electron chi connectivity index (χ1n) is 13.9. The van der Waals surface area contributed by atoms with Crippen molar-refractivity contribution in [3.63, 3.8) is 0 Å². The van der Waals surface area contributed by atoms with Crippen LogP contribution in [0.4, 0.5) is 4.79 Å². The summed E-state index contributed by atoms with van der Waals surface area (Å²) in [6, 6.07) is 17.9. The molecule has 4 aliphatic rings. The van der Waals surface area contributed by atoms with Crippen molar-refractivity contribution < 1.29 is 14.6 Å². The third-order valence-corrected chi connectivity index (χ3v) is 9.08. The number of alkyl carbamates (subject to hydrolysis) is 1. The average molecular weight is 502 g/mol. The SMILES string of the molecule is CC(CNCC(O)c1ccccc1)(Cc1c[nH]c2ccccc12)NC(=O)OC1C2CC3CC(C2)CC1C3. The van der Waals surface area contributed by atoms with E-state index >= 15 is 0 Å². The molecule has 4 fully saturated rings. The van der Waals surface area contributed by atoms with Gasteiger partial charge in [0.05, 0.1) is 11.6 Å². The Kier molecular flexibility index (Phi) is 6.72. The molecule has 37 heavy (non-hydrogen) atoms. The van der Waals surface area contributed by atoms with E-state index in [0.29, 0.717) is 31.3 Å². The van der Waals surface area contributed by atoms with Gasteiger partial charge in [-0.3, -0.25) is 0 Å². The quantitative estimate of drug-likeness (QED) is 0.319. The van der Waals surface area contributed by atoms with Crippen LogP contribution in [0, 0.1) is 23.7 Å². The molecule has 3 aromatic rings. The van der Waals surface area contributed by atoms with Gasteiger partial charge in [-0.25, -0.2) is 4.79 Å². The number of hydrogen-bond donors (Lipinski definition) is 4. The number of ether oxygens (including phenoxy) is 1. The number of aliphatic hydroxyl groups is 1. The molecule has 2 unspecified atom stereocenters. The second kappa shape index (κ2) is 10.1. The summed E-state index contributed by atoms with van der Waals surface area (Å²) in [7, 11) is 0. The highest BCUT2D eigenvalue weighted by Gasteiger charge is 2.50. The lowest BCUT2D eigenvalue weighted by molar-refractivity contribution is -0.0971. The van der Waals surface area contributed by atoms with Crippen molar-refractivity contribution in [2.45, 2.75) is 63.2 Å². The lowest BCUT2D eigenvalue weighted by Crippen LogP contribution is -2.57. The molecule has 1 aromatic heterocycles. The fourth-order valence-electron chi connectivity index (χ4n) is 7.59. The van der Waals surface area contributed by atoms with Crippen LogP contribution in [0.1, 0.15) is 56.3 Å². The number of amides is 1. The van der Waals surface area contributed by atoms with E-state index in [2.05, 4.69) is 34.7 Å². The van der Waals surface area contributed by atoms with Crippen molar-refractivity contribution in [1.82, 2.24) is 15.6 Å². The summed E-state index contributed by atoms with van der Waals surface area (Å²) in [6.45, 7) is 2.97. The van der Waals surface area contributed by atoms with Crippen molar-refractivity contribution in [3.05, 3.63) is 71.9 Å². The molecule has 6 heteroatoms. The van der Waals surface area contributed by atoms with Crippen molar-refractivity contribution in [1.29, 1.82) is 0 Å². The number of nitrogens with one attached hydrogen (secondary N) is 3. The van der Waals surface area contributed by atoms with E-state index < -0.39 is 11.6 Å². The topological polar surface area (TPSA) is 86.4 Å². The predicted molar refractivity (Wildman–Crippen MR) is 145 cm³/mol. The zero-order valence-electron chi connectivity index (χ0n) is 21.7. The summed E-state index contributed by atoms with van der Waals surface area (Å²) in [5, 5.41) is 18.5. The average Bonchev–Trinajstić information content (AvgIpc) is 3.28. The van der Waals surface area contributed by atoms with E-state index in [-0.39, 0.29) is 12.2 Å². The van der Waals surface area contributed by atoms with Crippen LogP contribution >= 0.6 is 0 Å². The van der Waals surface area contributed by atoms with Gasteiger partial charge in [-0.2, -0.15) is 0 Å². The van der Waals surface area contributed by atoms with Gasteiger partial charge >= 0.3 is 6.09 Å². The molecule has 4 bridgehead atoms. The summed E-state index contributed by atoms with van der Waals surface area (Å²) in [6.07, 6.45) is 8.06. The highest BCUT2D eigenvalue weighted by Crippen LogP contribution is 2.54. The van der Waals surface area contributed by atoms with Crippen LogP contribution in [-0.4, -0.2) is 40.9 Å². The minimum absolute atomic E-state index is 0.0537. The van der Waals surface area contributed by atoms with E-state index in [9.17, 15) is 9.90 Å². The molecule has 4 N–H and O–H groups in total. The second-order valence-electron chi connectivity index (χ2n) is 12.1. The van der Waals surface area contributed by atoms with Crippen molar-refractivity contribution >= 4 is 17.0 Å². The Balaban J connectivity index is 1.15. The van der Waals surface area contributed by atoms with Gasteiger partial charge in [0.2, 0.25) is 0 Å². The number of aliphatic hydroxyl groups excluding tert-OH is 1. The van der Waals surface area contributed by atoms with Crippen LogP contribution in [0.25, 0.3) is 10.9 Å². The number of aromatic nitrogens is 1. The highest BCUT2D eigenvalue weighted by molar-refractivity contribution is 5.83. The minimum Gasteiger partial charge on any atom is -0.446 e. The number of aromatic amines is 1. The molecule has 6 nitrogen and oxygen atoms in total. The smallest absolute Gasteiger partial charge is 0.407 e. The molecule has 1 amide bonds. The predicted octanol–water partition coefficient (Wildman–Crippen LogP) is 5.34. The number of para-hydroxylation sites is 1. The molecule has 2 aromatic carbocycles. The minimum atomic E-state index is -0.612. The van der Waals surface area contributed by atoms with E-state index in [0.717, 1.165) is 33.9 Å². The molecule has 196 valence electrons. The summed E-state index contributed by atoms with van der Waals surface area (Å²) in [5.41, 5.74) is 2.52. The van der Waals surface area contributed by atoms with E-state index in [1.54, 1.807) is 0 Å². The van der Waals surface area contributed by atoms with Gasteiger partial charge in [0.1, 0.15) is 6.10 Å². The Morgan fingerprint density at radius 3 is 2.43 bits per heavy atom. The van der Waals surface area contributed by atoms with Crippen molar-refractivity contribution in [2.24, 2.45) is 23.7 Å². The fraction of sp³-hybridized carbons (Fsp3) is 0.516. The normalized spacial score (nSPS) is 28.6. The molecular formula is C31H39N3O3. The molecule has 0 radical (unpaired) electrons. The van der Waals surface area contributed by atoms with Gasteiger partial charge in [-0.05, 0) is 86.3 Å². The fourth-order valence-corrected chi connectivity index (χ4v) is 7.59. The molecule has 4 aliphatic carbocycles. The zero-order valence-corrected chi connectivity index (χ0v) is 21.7. The third-order valence-electron chi connectivity index (χ3n) is 9.08. The molecule has 1 heterocycles. The standard InChI is InChI=1S/C31H39N3O3/c1-31(16-25-17-33-27-10-6-5-9-26(25)27,19-32-18-28(35)22-7-3-2-4-8-22)34-30(36)37-29-23-12-20-11-21(14-23)15-24(29)13-20/h2-10,17,20-21,23-24,28-29,32-33,35H,11-16,18-19H2,1H3,(H,34,36). The summed E-state index contributed by atoms with van der Waals surface area (Å²) >= 11 is 0. The Labute approximate surface area is 219 Å². The monoisotopic (exact) mass is 501 g/mol. The molecule has 0 saturated heterocycles. The maximum atomic E-state index is 13.3. The molecule has 4 saturated carbocycles. The number of hydrogen-bond acceptors (Lipinski definition) is 4. The molecule has 2 atom stereocenters. The number of H-pyrrole nitrogens is 1. The first-order valence-corrected chi connectivity index (χ1v) is 13.9. The maximum Gasteiger partial charge on any atom is 0.407 e. The lowest BCUT2D eigenvalue weighted by Gasteiger charge is -2.53. The van der Waals surface area contributed by atoms with Gasteiger partial charge in [-0.15, -0.1) is 0 Å². The van der Waals surface area contributed by atoms with Crippen molar-refractivity contribution in [3.8, 4) is 0 Å². The van der Waals surface area contributed by atoms with Crippen LogP contribution in [-0.2, 0) is 11.2 Å². The van der Waals surface area contributed by atoms with E-state index in [1.807, 2.05) is 48.7 Å². The maximum absolute atomic E-state index is 13.3. The van der Waals surface area contributed by atoms with Crippen LogP contribution in [0.3, 0.4) is 0 Å². The Morgan fingerprint density at radius 2 is 1.70 bits per heavy atom. The van der Waals surface area contributed by atoms with Gasteiger partial charge in [0, 0.05) is 30.2 Å². The number of benzene rings is 2. The largest absolute Gasteiger partial charge is 0.446 e. The van der Waals surface area contributed by atoms with Crippen molar-refractivity contribution in [2.75, 3.05) is 13.1 Å². The first-order chi connectivity index (χ1) is 18.0. The number of fused-ring (bicyclic) bond motifs is 1. The second-order valence-corrected chi connectivity index (χ2v) is 12.1. The van der Waals surface area contributed by atoms with E-state index in [1.165, 1.54) is 32.1 Å². The highest BCUT2D eigenvalue weighted by atomic mass is 16.6. The molecule has 0 aliphatic heterocycles. The summed E-state index contributed by atoms with van der Waals surface area (Å²) < 4.78 is 6.19. The number of carbonyl (C=O) groups excluding carboxylic acids is 1. The summed E-state index contributed by atoms with van der Waals surface area (Å²) in [5.74, 6) is 2.75. The number of carbonyl (C=O) groups is 1. The van der Waals surface area contributed by atoms with Crippen LogP contribution in [0.15, 0.2) is 60.8 Å². The molecule has 0 spiro atoms. The van der Waals surface area contributed by atoms with Gasteiger partial charge in [0.15, 0.2) is 0 Å². The van der Waals surface area contributed by atoms with Crippen LogP contribution in [0.5, 0.6) is 0 Å². The first kappa shape index (κ1) is 24.5. The molecular weight excluding hydrogens is 462 g/mol. The zero-order chi connectivity index (χ0) is 25.4. The Morgan fingerprint density at radius 1 is 1.03 bits per heavy atom. The lowest BCUT2D eigenvalue weighted by atomic mass is 9.55. The van der Waals surface area contributed by atoms with Gasteiger partial charge in [0.25, 0.3) is 0 Å². The van der Waals surface area contributed by atoms with Crippen LogP contribution < -0.4 is 10.6 Å². The Hall–Kier alpha value is -2.83. The van der Waals surface area contributed by atoms with Crippen LogP contribution in [0.2, 0.25) is 0 Å². The van der Waals surface area contributed by atoms with Gasteiger partial charge < -0.3 is 25.5 Å². The summed E-state index contributed by atoms with van der Waals surface area (Å²) in [4.78, 5) is 16.7.